The van der Waals surface area contributed by atoms with Gasteiger partial charge < -0.3 is 10.6 Å². The maximum Gasteiger partial charge on any atom is 0.238 e. The molecule has 0 aromatic heterocycles. The number of hydrogen-bond acceptors (Lipinski definition) is 2. The topological polar surface area (TPSA) is 41.1 Å². The predicted molar refractivity (Wildman–Crippen MR) is 71.0 cm³/mol. The van der Waals surface area contributed by atoms with Crippen LogP contribution in [0.2, 0.25) is 5.02 Å². The highest BCUT2D eigenvalue weighted by atomic mass is 79.9. The first-order valence-electron chi connectivity index (χ1n) is 4.67. The van der Waals surface area contributed by atoms with Crippen molar-refractivity contribution in [2.24, 2.45) is 0 Å². The zero-order valence-electron chi connectivity index (χ0n) is 8.59. The van der Waals surface area contributed by atoms with Crippen LogP contribution in [0.4, 0.5) is 5.69 Å². The van der Waals surface area contributed by atoms with Crippen molar-refractivity contribution in [3.05, 3.63) is 40.3 Å². The summed E-state index contributed by atoms with van der Waals surface area (Å²) in [7, 11) is 0. The van der Waals surface area contributed by atoms with Crippen LogP contribution in [0.25, 0.3) is 0 Å². The van der Waals surface area contributed by atoms with Gasteiger partial charge in [-0.25, -0.2) is 0 Å². The summed E-state index contributed by atoms with van der Waals surface area (Å²) >= 11 is 8.98. The molecule has 0 atom stereocenters. The van der Waals surface area contributed by atoms with Gasteiger partial charge in [0.15, 0.2) is 0 Å². The molecule has 0 heterocycles. The molecule has 16 heavy (non-hydrogen) atoms. The van der Waals surface area contributed by atoms with Gasteiger partial charge in [-0.15, -0.1) is 0 Å². The summed E-state index contributed by atoms with van der Waals surface area (Å²) in [5, 5.41) is 6.25. The lowest BCUT2D eigenvalue weighted by atomic mass is 10.3. The van der Waals surface area contributed by atoms with Gasteiger partial charge in [0.25, 0.3) is 0 Å². The minimum atomic E-state index is -0.115. The number of nitrogens with one attached hydrogen (secondary N) is 2. The van der Waals surface area contributed by atoms with E-state index in [0.717, 1.165) is 4.48 Å². The van der Waals surface area contributed by atoms with E-state index < -0.39 is 0 Å². The number of hydrogen-bond donors (Lipinski definition) is 2. The molecule has 2 N–H and O–H groups in total. The fourth-order valence-electron chi connectivity index (χ4n) is 1.08. The number of halogens is 2. The van der Waals surface area contributed by atoms with Gasteiger partial charge in [-0.3, -0.25) is 4.79 Å². The van der Waals surface area contributed by atoms with Gasteiger partial charge in [0.05, 0.1) is 6.54 Å². The average Bonchev–Trinajstić information content (AvgIpc) is 2.16. The van der Waals surface area contributed by atoms with Crippen molar-refractivity contribution in [2.45, 2.75) is 0 Å². The zero-order chi connectivity index (χ0) is 12.0. The van der Waals surface area contributed by atoms with Crippen molar-refractivity contribution in [2.75, 3.05) is 18.4 Å². The first-order chi connectivity index (χ1) is 7.58. The summed E-state index contributed by atoms with van der Waals surface area (Å²) in [6, 6.07) is 7.02. The van der Waals surface area contributed by atoms with Crippen molar-refractivity contribution >= 4 is 39.1 Å². The van der Waals surface area contributed by atoms with E-state index in [2.05, 4.69) is 33.1 Å². The highest BCUT2D eigenvalue weighted by Crippen LogP contribution is 2.14. The van der Waals surface area contributed by atoms with Crippen molar-refractivity contribution in [3.8, 4) is 0 Å². The second-order valence-electron chi connectivity index (χ2n) is 3.18. The molecular formula is C11H12BrClN2O. The lowest BCUT2D eigenvalue weighted by molar-refractivity contribution is -0.115. The van der Waals surface area contributed by atoms with Crippen LogP contribution in [-0.2, 0) is 4.79 Å². The standard InChI is InChI=1S/C11H12BrClN2O/c1-8(12)6-14-7-11(16)15-10-4-2-3-9(13)5-10/h2-5,14H,1,6-7H2,(H,15,16). The monoisotopic (exact) mass is 302 g/mol. The number of carbonyl (C=O) groups is 1. The van der Waals surface area contributed by atoms with Crippen LogP contribution < -0.4 is 10.6 Å². The van der Waals surface area contributed by atoms with Crippen LogP contribution in [0.1, 0.15) is 0 Å². The molecule has 0 aliphatic heterocycles. The van der Waals surface area contributed by atoms with Crippen molar-refractivity contribution in [1.29, 1.82) is 0 Å². The van der Waals surface area contributed by atoms with Gasteiger partial charge in [-0.1, -0.05) is 40.2 Å². The summed E-state index contributed by atoms with van der Waals surface area (Å²) < 4.78 is 0.808. The Morgan fingerprint density at radius 3 is 2.81 bits per heavy atom. The van der Waals surface area contributed by atoms with Gasteiger partial charge in [-0.2, -0.15) is 0 Å². The van der Waals surface area contributed by atoms with Crippen molar-refractivity contribution in [3.63, 3.8) is 0 Å². The number of benzene rings is 1. The van der Waals surface area contributed by atoms with E-state index in [1.807, 2.05) is 0 Å². The number of amides is 1. The molecule has 0 unspecified atom stereocenters. The van der Waals surface area contributed by atoms with Gasteiger partial charge >= 0.3 is 0 Å². The Morgan fingerprint density at radius 2 is 2.19 bits per heavy atom. The molecule has 0 aliphatic carbocycles. The van der Waals surface area contributed by atoms with E-state index in [4.69, 9.17) is 11.6 Å². The third-order valence-electron chi connectivity index (χ3n) is 1.71. The van der Waals surface area contributed by atoms with E-state index in [0.29, 0.717) is 17.3 Å². The predicted octanol–water partition coefficient (Wildman–Crippen LogP) is 2.78. The van der Waals surface area contributed by atoms with Gasteiger partial charge in [-0.05, 0) is 18.2 Å². The Bertz CT molecular complexity index is 395. The molecule has 1 aromatic rings. The second-order valence-corrected chi connectivity index (χ2v) is 4.74. The van der Waals surface area contributed by atoms with E-state index in [-0.39, 0.29) is 12.5 Å². The molecule has 86 valence electrons. The molecule has 0 fully saturated rings. The molecule has 0 bridgehead atoms. The van der Waals surface area contributed by atoms with E-state index in [1.165, 1.54) is 0 Å². The lowest BCUT2D eigenvalue weighted by Crippen LogP contribution is -2.28. The lowest BCUT2D eigenvalue weighted by Gasteiger charge is -2.06. The molecule has 5 heteroatoms. The summed E-state index contributed by atoms with van der Waals surface area (Å²) in [6.07, 6.45) is 0. The Morgan fingerprint density at radius 1 is 1.44 bits per heavy atom. The number of carbonyl (C=O) groups excluding carboxylic acids is 1. The molecule has 0 saturated heterocycles. The quantitative estimate of drug-likeness (QED) is 0.878. The second kappa shape index (κ2) is 6.68. The summed E-state index contributed by atoms with van der Waals surface area (Å²) in [6.45, 7) is 4.44. The van der Waals surface area contributed by atoms with Crippen LogP contribution in [0, 0.1) is 0 Å². The summed E-state index contributed by atoms with van der Waals surface area (Å²) in [5.41, 5.74) is 0.692. The smallest absolute Gasteiger partial charge is 0.238 e. The highest BCUT2D eigenvalue weighted by molar-refractivity contribution is 9.11. The first kappa shape index (κ1) is 13.2. The van der Waals surface area contributed by atoms with Crippen LogP contribution in [-0.4, -0.2) is 19.0 Å². The number of rotatable bonds is 5. The molecule has 1 amide bonds. The molecule has 0 saturated carbocycles. The van der Waals surface area contributed by atoms with Crippen LogP contribution in [0.5, 0.6) is 0 Å². The minimum absolute atomic E-state index is 0.115. The Balaban J connectivity index is 2.37. The van der Waals surface area contributed by atoms with Gasteiger partial charge in [0, 0.05) is 21.7 Å². The van der Waals surface area contributed by atoms with Crippen LogP contribution in [0.3, 0.4) is 0 Å². The minimum Gasteiger partial charge on any atom is -0.325 e. The zero-order valence-corrected chi connectivity index (χ0v) is 10.9. The molecule has 0 spiro atoms. The molecule has 1 rings (SSSR count). The fourth-order valence-corrected chi connectivity index (χ4v) is 1.47. The van der Waals surface area contributed by atoms with Crippen molar-refractivity contribution in [1.82, 2.24) is 5.32 Å². The van der Waals surface area contributed by atoms with E-state index in [1.54, 1.807) is 24.3 Å². The average molecular weight is 304 g/mol. The summed E-state index contributed by atoms with van der Waals surface area (Å²) in [5.74, 6) is -0.115. The Kier molecular flexibility index (Phi) is 5.52. The fraction of sp³-hybridized carbons (Fsp3) is 0.182. The Labute approximate surface area is 108 Å². The molecule has 1 aromatic carbocycles. The number of anilines is 1. The molecule has 3 nitrogen and oxygen atoms in total. The SMILES string of the molecule is C=C(Br)CNCC(=O)Nc1cccc(Cl)c1. The van der Waals surface area contributed by atoms with E-state index in [9.17, 15) is 4.79 Å². The summed E-state index contributed by atoms with van der Waals surface area (Å²) in [4.78, 5) is 11.4. The van der Waals surface area contributed by atoms with Gasteiger partial charge in [0.1, 0.15) is 0 Å². The van der Waals surface area contributed by atoms with Gasteiger partial charge in [0.2, 0.25) is 5.91 Å². The molecule has 0 aliphatic rings. The highest BCUT2D eigenvalue weighted by Gasteiger charge is 2.01. The van der Waals surface area contributed by atoms with Crippen molar-refractivity contribution < 1.29 is 4.79 Å². The third-order valence-corrected chi connectivity index (χ3v) is 2.23. The normalized spacial score (nSPS) is 9.88. The maximum atomic E-state index is 11.4. The largest absolute Gasteiger partial charge is 0.325 e. The Hall–Kier alpha value is -0.840. The third kappa shape index (κ3) is 5.30. The van der Waals surface area contributed by atoms with Crippen LogP contribution in [0.15, 0.2) is 35.3 Å². The first-order valence-corrected chi connectivity index (χ1v) is 5.84. The maximum absolute atomic E-state index is 11.4. The molecule has 0 radical (unpaired) electrons. The van der Waals surface area contributed by atoms with Crippen LogP contribution >= 0.6 is 27.5 Å². The molecular weight excluding hydrogens is 291 g/mol. The van der Waals surface area contributed by atoms with E-state index >= 15 is 0 Å².